The van der Waals surface area contributed by atoms with Crippen LogP contribution in [-0.2, 0) is 9.47 Å². The SMILES string of the molecule is CC(C)(C)OC(=O)NC1CCCC(NCCC2CCOC2)C1. The monoisotopic (exact) mass is 312 g/mol. The van der Waals surface area contributed by atoms with Gasteiger partial charge < -0.3 is 20.1 Å². The summed E-state index contributed by atoms with van der Waals surface area (Å²) in [6.07, 6.45) is 6.52. The molecule has 3 atom stereocenters. The van der Waals surface area contributed by atoms with Crippen LogP contribution in [0.3, 0.4) is 0 Å². The van der Waals surface area contributed by atoms with Crippen LogP contribution in [0.4, 0.5) is 4.79 Å². The molecule has 2 N–H and O–H groups in total. The van der Waals surface area contributed by atoms with E-state index in [2.05, 4.69) is 10.6 Å². The van der Waals surface area contributed by atoms with E-state index in [4.69, 9.17) is 9.47 Å². The van der Waals surface area contributed by atoms with E-state index in [-0.39, 0.29) is 12.1 Å². The summed E-state index contributed by atoms with van der Waals surface area (Å²) in [7, 11) is 0. The van der Waals surface area contributed by atoms with Crippen LogP contribution >= 0.6 is 0 Å². The van der Waals surface area contributed by atoms with Crippen molar-refractivity contribution in [2.75, 3.05) is 19.8 Å². The molecule has 0 aromatic heterocycles. The van der Waals surface area contributed by atoms with Crippen molar-refractivity contribution in [2.45, 2.75) is 77.0 Å². The molecule has 1 aliphatic heterocycles. The van der Waals surface area contributed by atoms with Gasteiger partial charge in [-0.25, -0.2) is 4.79 Å². The van der Waals surface area contributed by atoms with Gasteiger partial charge in [0.1, 0.15) is 5.60 Å². The third kappa shape index (κ3) is 6.53. The molecular weight excluding hydrogens is 280 g/mol. The largest absolute Gasteiger partial charge is 0.444 e. The molecular formula is C17H32N2O3. The molecule has 1 aliphatic carbocycles. The molecule has 3 unspecified atom stereocenters. The summed E-state index contributed by atoms with van der Waals surface area (Å²) >= 11 is 0. The van der Waals surface area contributed by atoms with Crippen molar-refractivity contribution in [3.8, 4) is 0 Å². The van der Waals surface area contributed by atoms with Crippen LogP contribution in [0.15, 0.2) is 0 Å². The molecule has 128 valence electrons. The van der Waals surface area contributed by atoms with Gasteiger partial charge in [0.05, 0.1) is 0 Å². The Hall–Kier alpha value is -0.810. The van der Waals surface area contributed by atoms with Gasteiger partial charge in [-0.3, -0.25) is 0 Å². The molecule has 1 heterocycles. The summed E-state index contributed by atoms with van der Waals surface area (Å²) in [5.74, 6) is 0.728. The van der Waals surface area contributed by atoms with E-state index in [9.17, 15) is 4.79 Å². The molecule has 0 radical (unpaired) electrons. The maximum absolute atomic E-state index is 11.9. The molecule has 0 aromatic carbocycles. The molecule has 5 nitrogen and oxygen atoms in total. The van der Waals surface area contributed by atoms with Crippen molar-refractivity contribution < 1.29 is 14.3 Å². The smallest absolute Gasteiger partial charge is 0.407 e. The second-order valence-corrected chi connectivity index (χ2v) is 7.68. The Morgan fingerprint density at radius 2 is 2.00 bits per heavy atom. The molecule has 5 heteroatoms. The second-order valence-electron chi connectivity index (χ2n) is 7.68. The highest BCUT2D eigenvalue weighted by atomic mass is 16.6. The van der Waals surface area contributed by atoms with E-state index >= 15 is 0 Å². The van der Waals surface area contributed by atoms with Gasteiger partial charge in [0.15, 0.2) is 0 Å². The zero-order valence-electron chi connectivity index (χ0n) is 14.3. The van der Waals surface area contributed by atoms with E-state index in [1.54, 1.807) is 0 Å². The van der Waals surface area contributed by atoms with Crippen LogP contribution in [0.1, 0.15) is 59.3 Å². The lowest BCUT2D eigenvalue weighted by Gasteiger charge is -2.31. The summed E-state index contributed by atoms with van der Waals surface area (Å²) < 4.78 is 10.8. The van der Waals surface area contributed by atoms with Crippen LogP contribution in [0, 0.1) is 5.92 Å². The van der Waals surface area contributed by atoms with Crippen LogP contribution in [0.5, 0.6) is 0 Å². The van der Waals surface area contributed by atoms with Crippen molar-refractivity contribution in [1.82, 2.24) is 10.6 Å². The maximum atomic E-state index is 11.9. The number of rotatable bonds is 5. The molecule has 2 fully saturated rings. The summed E-state index contributed by atoms with van der Waals surface area (Å²) in [5.41, 5.74) is -0.431. The normalized spacial score (nSPS) is 29.3. The summed E-state index contributed by atoms with van der Waals surface area (Å²) in [5, 5.41) is 6.67. The summed E-state index contributed by atoms with van der Waals surface area (Å²) in [4.78, 5) is 11.9. The van der Waals surface area contributed by atoms with Gasteiger partial charge in [0, 0.05) is 25.3 Å². The maximum Gasteiger partial charge on any atom is 0.407 e. The fourth-order valence-electron chi connectivity index (χ4n) is 3.28. The number of ether oxygens (including phenoxy) is 2. The summed E-state index contributed by atoms with van der Waals surface area (Å²) in [6.45, 7) is 8.59. The van der Waals surface area contributed by atoms with Gasteiger partial charge in [0.2, 0.25) is 0 Å². The fraction of sp³-hybridized carbons (Fsp3) is 0.941. The number of hydrogen-bond acceptors (Lipinski definition) is 4. The zero-order valence-corrected chi connectivity index (χ0v) is 14.3. The molecule has 0 bridgehead atoms. The third-order valence-electron chi connectivity index (χ3n) is 4.40. The molecule has 1 amide bonds. The molecule has 2 rings (SSSR count). The number of hydrogen-bond donors (Lipinski definition) is 2. The minimum Gasteiger partial charge on any atom is -0.444 e. The highest BCUT2D eigenvalue weighted by Crippen LogP contribution is 2.20. The van der Waals surface area contributed by atoms with E-state index < -0.39 is 5.60 Å². The predicted octanol–water partition coefficient (Wildman–Crippen LogP) is 2.84. The number of amides is 1. The number of carbonyl (C=O) groups is 1. The Morgan fingerprint density at radius 1 is 1.23 bits per heavy atom. The van der Waals surface area contributed by atoms with Gasteiger partial charge in [-0.05, 0) is 71.8 Å². The van der Waals surface area contributed by atoms with Crippen molar-refractivity contribution in [2.24, 2.45) is 5.92 Å². The van der Waals surface area contributed by atoms with Gasteiger partial charge in [-0.2, -0.15) is 0 Å². The van der Waals surface area contributed by atoms with Gasteiger partial charge in [-0.1, -0.05) is 0 Å². The van der Waals surface area contributed by atoms with Crippen molar-refractivity contribution in [3.63, 3.8) is 0 Å². The first-order chi connectivity index (χ1) is 10.4. The minimum atomic E-state index is -0.431. The van der Waals surface area contributed by atoms with Crippen LogP contribution in [0.2, 0.25) is 0 Å². The van der Waals surface area contributed by atoms with Crippen LogP contribution < -0.4 is 10.6 Å². The first-order valence-corrected chi connectivity index (χ1v) is 8.73. The molecule has 22 heavy (non-hydrogen) atoms. The van der Waals surface area contributed by atoms with E-state index in [1.165, 1.54) is 19.3 Å². The Labute approximate surface area is 134 Å². The lowest BCUT2D eigenvalue weighted by atomic mass is 9.91. The second kappa shape index (κ2) is 8.16. The first kappa shape index (κ1) is 17.5. The fourth-order valence-corrected chi connectivity index (χ4v) is 3.28. The lowest BCUT2D eigenvalue weighted by Crippen LogP contribution is -2.45. The highest BCUT2D eigenvalue weighted by Gasteiger charge is 2.25. The molecule has 1 saturated heterocycles. The number of nitrogens with one attached hydrogen (secondary N) is 2. The zero-order chi connectivity index (χ0) is 16.0. The van der Waals surface area contributed by atoms with Crippen molar-refractivity contribution in [3.05, 3.63) is 0 Å². The predicted molar refractivity (Wildman–Crippen MR) is 87.0 cm³/mol. The molecule has 0 spiro atoms. The van der Waals surface area contributed by atoms with Crippen molar-refractivity contribution >= 4 is 6.09 Å². The topological polar surface area (TPSA) is 59.6 Å². The van der Waals surface area contributed by atoms with Crippen LogP contribution in [-0.4, -0.2) is 43.5 Å². The Bertz CT molecular complexity index is 348. The standard InChI is InChI=1S/C17H32N2O3/c1-17(2,3)22-16(20)19-15-6-4-5-14(11-15)18-9-7-13-8-10-21-12-13/h13-15,18H,4-12H2,1-3H3,(H,19,20). The Balaban J connectivity index is 1.64. The quantitative estimate of drug-likeness (QED) is 0.819. The average Bonchev–Trinajstić information content (AvgIpc) is 2.90. The highest BCUT2D eigenvalue weighted by molar-refractivity contribution is 5.68. The number of alkyl carbamates (subject to hydrolysis) is 1. The van der Waals surface area contributed by atoms with E-state index in [1.807, 2.05) is 20.8 Å². The number of carbonyl (C=O) groups excluding carboxylic acids is 1. The molecule has 2 aliphatic rings. The van der Waals surface area contributed by atoms with Gasteiger partial charge >= 0.3 is 6.09 Å². The molecule has 0 aromatic rings. The van der Waals surface area contributed by atoms with Crippen molar-refractivity contribution in [1.29, 1.82) is 0 Å². The first-order valence-electron chi connectivity index (χ1n) is 8.73. The van der Waals surface area contributed by atoms with E-state index in [0.717, 1.165) is 44.9 Å². The molecule has 1 saturated carbocycles. The minimum absolute atomic E-state index is 0.232. The lowest BCUT2D eigenvalue weighted by molar-refractivity contribution is 0.0488. The van der Waals surface area contributed by atoms with Gasteiger partial charge in [0.25, 0.3) is 0 Å². The third-order valence-corrected chi connectivity index (χ3v) is 4.40. The average molecular weight is 312 g/mol. The summed E-state index contributed by atoms with van der Waals surface area (Å²) in [6, 6.07) is 0.743. The Morgan fingerprint density at radius 3 is 2.68 bits per heavy atom. The van der Waals surface area contributed by atoms with E-state index in [0.29, 0.717) is 6.04 Å². The van der Waals surface area contributed by atoms with Gasteiger partial charge in [-0.15, -0.1) is 0 Å². The van der Waals surface area contributed by atoms with Crippen LogP contribution in [0.25, 0.3) is 0 Å². The Kier molecular flexibility index (Phi) is 6.50.